The van der Waals surface area contributed by atoms with E-state index in [4.69, 9.17) is 10.8 Å². The summed E-state index contributed by atoms with van der Waals surface area (Å²) in [4.78, 5) is 33.8. The molecule has 7 nitrogen and oxygen atoms in total. The highest BCUT2D eigenvalue weighted by atomic mass is 79.9. The summed E-state index contributed by atoms with van der Waals surface area (Å²) >= 11 is 4.73. The van der Waals surface area contributed by atoms with Gasteiger partial charge in [0.25, 0.3) is 0 Å². The number of nitrogens with one attached hydrogen (secondary N) is 2. The minimum absolute atomic E-state index is 0.269. The number of amides is 3. The Morgan fingerprint density at radius 3 is 2.63 bits per heavy atom. The van der Waals surface area contributed by atoms with Crippen LogP contribution in [0.2, 0.25) is 0 Å². The molecule has 1 aromatic heterocycles. The molecule has 0 fully saturated rings. The number of rotatable bonds is 6. The Hall–Kier alpha value is -1.61. The normalized spacial score (nSPS) is 11.6. The van der Waals surface area contributed by atoms with Gasteiger partial charge in [0.05, 0.1) is 13.0 Å². The van der Waals surface area contributed by atoms with Gasteiger partial charge in [-0.15, -0.1) is 11.3 Å². The lowest BCUT2D eigenvalue weighted by Gasteiger charge is -2.13. The first kappa shape index (κ1) is 15.4. The van der Waals surface area contributed by atoms with Gasteiger partial charge in [0.1, 0.15) is 6.04 Å². The summed E-state index contributed by atoms with van der Waals surface area (Å²) in [5.74, 6) is -2.11. The number of aliphatic carboxylic acids is 1. The Bertz CT molecular complexity index is 491. The minimum atomic E-state index is -1.33. The fourth-order valence-electron chi connectivity index (χ4n) is 1.22. The van der Waals surface area contributed by atoms with Crippen LogP contribution < -0.4 is 16.4 Å². The number of carbonyl (C=O) groups is 3. The van der Waals surface area contributed by atoms with Crippen molar-refractivity contribution in [3.8, 4) is 0 Å². The zero-order valence-corrected chi connectivity index (χ0v) is 12.1. The molecule has 0 aliphatic heterocycles. The van der Waals surface area contributed by atoms with Crippen LogP contribution >= 0.6 is 27.3 Å². The monoisotopic (exact) mass is 349 g/mol. The predicted molar refractivity (Wildman–Crippen MR) is 72.6 cm³/mol. The molecule has 1 aromatic rings. The van der Waals surface area contributed by atoms with E-state index >= 15 is 0 Å². The zero-order valence-electron chi connectivity index (χ0n) is 9.68. The molecular formula is C10H12BrN3O4S. The van der Waals surface area contributed by atoms with Crippen LogP contribution in [-0.4, -0.2) is 29.1 Å². The van der Waals surface area contributed by atoms with Crippen LogP contribution in [0.15, 0.2) is 15.9 Å². The van der Waals surface area contributed by atoms with Gasteiger partial charge in [-0.3, -0.25) is 4.79 Å². The number of hydrogen-bond acceptors (Lipinski definition) is 4. The number of nitrogens with two attached hydrogens (primary N) is 1. The summed E-state index contributed by atoms with van der Waals surface area (Å²) in [6.45, 7) is 0.269. The third-order valence-electron chi connectivity index (χ3n) is 2.05. The summed E-state index contributed by atoms with van der Waals surface area (Å²) < 4.78 is 0.909. The van der Waals surface area contributed by atoms with E-state index in [1.165, 1.54) is 11.3 Å². The molecule has 0 spiro atoms. The number of carbonyl (C=O) groups excluding carboxylic acids is 2. The minimum Gasteiger partial charge on any atom is -0.480 e. The van der Waals surface area contributed by atoms with Crippen molar-refractivity contribution in [2.45, 2.75) is 19.0 Å². The lowest BCUT2D eigenvalue weighted by atomic mass is 10.2. The molecule has 19 heavy (non-hydrogen) atoms. The molecule has 3 amide bonds. The van der Waals surface area contributed by atoms with Crippen molar-refractivity contribution in [1.29, 1.82) is 0 Å². The van der Waals surface area contributed by atoms with Gasteiger partial charge in [-0.1, -0.05) is 0 Å². The third-order valence-corrected chi connectivity index (χ3v) is 3.75. The Labute approximate surface area is 121 Å². The van der Waals surface area contributed by atoms with Crippen LogP contribution in [0, 0.1) is 0 Å². The maximum Gasteiger partial charge on any atom is 0.326 e. The van der Waals surface area contributed by atoms with Gasteiger partial charge in [-0.25, -0.2) is 9.59 Å². The molecular weight excluding hydrogens is 338 g/mol. The molecule has 9 heteroatoms. The Morgan fingerprint density at radius 2 is 2.16 bits per heavy atom. The number of hydrogen-bond donors (Lipinski definition) is 4. The second kappa shape index (κ2) is 7.10. The van der Waals surface area contributed by atoms with Crippen molar-refractivity contribution in [3.05, 3.63) is 20.8 Å². The lowest BCUT2D eigenvalue weighted by Crippen LogP contribution is -2.47. The van der Waals surface area contributed by atoms with Crippen LogP contribution in [0.4, 0.5) is 4.79 Å². The van der Waals surface area contributed by atoms with Crippen molar-refractivity contribution >= 4 is 45.2 Å². The lowest BCUT2D eigenvalue weighted by molar-refractivity contribution is -0.140. The fraction of sp³-hybridized carbons (Fsp3) is 0.300. The summed E-state index contributed by atoms with van der Waals surface area (Å²) in [6, 6.07) is -0.158. The van der Waals surface area contributed by atoms with E-state index in [9.17, 15) is 14.4 Å². The average molecular weight is 350 g/mol. The molecule has 0 bridgehead atoms. The second-order valence-electron chi connectivity index (χ2n) is 3.62. The molecule has 0 radical (unpaired) electrons. The SMILES string of the molecule is NC(=O)C[C@@H](NC(=O)NCc1cc(Br)cs1)C(=O)O. The van der Waals surface area contributed by atoms with Crippen molar-refractivity contribution < 1.29 is 19.5 Å². The van der Waals surface area contributed by atoms with E-state index in [0.717, 1.165) is 9.35 Å². The third kappa shape index (κ3) is 5.71. The van der Waals surface area contributed by atoms with Gasteiger partial charge in [0.2, 0.25) is 5.91 Å². The van der Waals surface area contributed by atoms with Crippen LogP contribution in [0.1, 0.15) is 11.3 Å². The average Bonchev–Trinajstić information content (AvgIpc) is 2.71. The van der Waals surface area contributed by atoms with E-state index < -0.39 is 30.4 Å². The molecule has 1 rings (SSSR count). The standard InChI is InChI=1S/C10H12BrN3O4S/c11-5-1-6(19-4-5)3-13-10(18)14-7(9(16)17)2-8(12)15/h1,4,7H,2-3H2,(H2,12,15)(H,16,17)(H2,13,14,18)/t7-/m1/s1. The van der Waals surface area contributed by atoms with E-state index in [0.29, 0.717) is 0 Å². The number of urea groups is 1. The topological polar surface area (TPSA) is 122 Å². The van der Waals surface area contributed by atoms with Crippen LogP contribution in [0.3, 0.4) is 0 Å². The zero-order chi connectivity index (χ0) is 14.4. The summed E-state index contributed by atoms with van der Waals surface area (Å²) in [5.41, 5.74) is 4.90. The van der Waals surface area contributed by atoms with E-state index in [1.807, 2.05) is 11.4 Å². The maximum absolute atomic E-state index is 11.5. The van der Waals surface area contributed by atoms with Crippen molar-refractivity contribution in [3.63, 3.8) is 0 Å². The molecule has 0 saturated carbocycles. The first-order chi connectivity index (χ1) is 8.88. The van der Waals surface area contributed by atoms with Crippen LogP contribution in [0.25, 0.3) is 0 Å². The first-order valence-electron chi connectivity index (χ1n) is 5.17. The molecule has 5 N–H and O–H groups in total. The van der Waals surface area contributed by atoms with E-state index in [1.54, 1.807) is 0 Å². The summed E-state index contributed by atoms with van der Waals surface area (Å²) in [5, 5.41) is 15.3. The number of thiophene rings is 1. The highest BCUT2D eigenvalue weighted by Gasteiger charge is 2.21. The van der Waals surface area contributed by atoms with Gasteiger partial charge >= 0.3 is 12.0 Å². The molecule has 0 aliphatic carbocycles. The summed E-state index contributed by atoms with van der Waals surface area (Å²) in [7, 11) is 0. The number of halogens is 1. The van der Waals surface area contributed by atoms with Gasteiger partial charge in [0.15, 0.2) is 0 Å². The van der Waals surface area contributed by atoms with Crippen molar-refractivity contribution in [1.82, 2.24) is 10.6 Å². The van der Waals surface area contributed by atoms with Crippen LogP contribution in [-0.2, 0) is 16.1 Å². The van der Waals surface area contributed by atoms with Crippen molar-refractivity contribution in [2.24, 2.45) is 5.73 Å². The van der Waals surface area contributed by atoms with Gasteiger partial charge < -0.3 is 21.5 Å². The number of carboxylic acid groups (broad SMARTS) is 1. The maximum atomic E-state index is 11.5. The second-order valence-corrected chi connectivity index (χ2v) is 5.53. The Morgan fingerprint density at radius 1 is 1.47 bits per heavy atom. The molecule has 1 atom stereocenters. The Kier molecular flexibility index (Phi) is 5.77. The number of carboxylic acids is 1. The van der Waals surface area contributed by atoms with E-state index in [-0.39, 0.29) is 6.54 Å². The number of primary amides is 1. The molecule has 0 saturated heterocycles. The fourth-order valence-corrected chi connectivity index (χ4v) is 2.62. The summed E-state index contributed by atoms with van der Waals surface area (Å²) in [6.07, 6.45) is -0.451. The molecule has 1 heterocycles. The van der Waals surface area contributed by atoms with Gasteiger partial charge in [-0.05, 0) is 22.0 Å². The predicted octanol–water partition coefficient (Wildman–Crippen LogP) is 0.638. The smallest absolute Gasteiger partial charge is 0.326 e. The van der Waals surface area contributed by atoms with Gasteiger partial charge in [-0.2, -0.15) is 0 Å². The van der Waals surface area contributed by atoms with Gasteiger partial charge in [0, 0.05) is 14.7 Å². The largest absolute Gasteiger partial charge is 0.480 e. The highest BCUT2D eigenvalue weighted by molar-refractivity contribution is 9.10. The Balaban J connectivity index is 2.44. The molecule has 104 valence electrons. The first-order valence-corrected chi connectivity index (χ1v) is 6.84. The molecule has 0 aromatic carbocycles. The molecule has 0 aliphatic rings. The molecule has 0 unspecified atom stereocenters. The van der Waals surface area contributed by atoms with Crippen molar-refractivity contribution in [2.75, 3.05) is 0 Å². The van der Waals surface area contributed by atoms with Crippen LogP contribution in [0.5, 0.6) is 0 Å². The quantitative estimate of drug-likeness (QED) is 0.601. The highest BCUT2D eigenvalue weighted by Crippen LogP contribution is 2.19. The van der Waals surface area contributed by atoms with E-state index in [2.05, 4.69) is 26.6 Å².